The van der Waals surface area contributed by atoms with Gasteiger partial charge in [-0.05, 0) is 115 Å². The van der Waals surface area contributed by atoms with Gasteiger partial charge in [-0.15, -0.1) is 0 Å². The number of hydrogen-bond acceptors (Lipinski definition) is 6. The van der Waals surface area contributed by atoms with Gasteiger partial charge in [-0.25, -0.2) is 24.2 Å². The van der Waals surface area contributed by atoms with Gasteiger partial charge in [-0.3, -0.25) is 19.5 Å². The number of amides is 5. The first kappa shape index (κ1) is 45.6. The highest BCUT2D eigenvalue weighted by atomic mass is 79.9. The van der Waals surface area contributed by atoms with E-state index in [0.29, 0.717) is 59.8 Å². The van der Waals surface area contributed by atoms with E-state index in [4.69, 9.17) is 69.0 Å². The third kappa shape index (κ3) is 8.20. The van der Waals surface area contributed by atoms with Gasteiger partial charge < -0.3 is 14.6 Å². The minimum absolute atomic E-state index is 0.115. The summed E-state index contributed by atoms with van der Waals surface area (Å²) in [6.45, 7) is 14.6. The van der Waals surface area contributed by atoms with Crippen LogP contribution in [0, 0.1) is 13.1 Å². The van der Waals surface area contributed by atoms with E-state index in [0.717, 1.165) is 4.47 Å². The lowest BCUT2D eigenvalue weighted by Gasteiger charge is -2.51. The van der Waals surface area contributed by atoms with Crippen molar-refractivity contribution in [2.24, 2.45) is 0 Å². The van der Waals surface area contributed by atoms with Crippen LogP contribution in [0.5, 0.6) is 0 Å². The number of benzene rings is 6. The van der Waals surface area contributed by atoms with Crippen molar-refractivity contribution in [1.82, 2.24) is 0 Å². The van der Waals surface area contributed by atoms with Gasteiger partial charge in [0.1, 0.15) is 5.54 Å². The molecule has 0 saturated carbocycles. The van der Waals surface area contributed by atoms with Crippen LogP contribution >= 0.6 is 62.3 Å². The molecule has 4 heterocycles. The molecule has 1 unspecified atom stereocenters. The van der Waals surface area contributed by atoms with Gasteiger partial charge in [-0.1, -0.05) is 98.7 Å². The highest BCUT2D eigenvalue weighted by Gasteiger charge is 2.72. The fraction of sp³-hybridized carbons (Fsp3) is 0.146. The first-order valence-corrected chi connectivity index (χ1v) is 21.9. The molecule has 1 N–H and O–H groups in total. The van der Waals surface area contributed by atoms with Crippen molar-refractivity contribution in [2.75, 3.05) is 46.0 Å². The summed E-state index contributed by atoms with van der Waals surface area (Å²) in [6.07, 6.45) is 0. The van der Waals surface area contributed by atoms with Crippen molar-refractivity contribution in [1.29, 1.82) is 0 Å². The van der Waals surface area contributed by atoms with Crippen LogP contribution in [0.3, 0.4) is 0 Å². The number of aliphatic hydroxyl groups is 1. The summed E-state index contributed by atoms with van der Waals surface area (Å²) in [5, 5.41) is 14.6. The zero-order valence-electron chi connectivity index (χ0n) is 33.7. The molecule has 65 heavy (non-hydrogen) atoms. The lowest BCUT2D eigenvalue weighted by molar-refractivity contribution is -0.153. The number of anilines is 4. The van der Waals surface area contributed by atoms with Crippen LogP contribution in [-0.4, -0.2) is 60.6 Å². The van der Waals surface area contributed by atoms with E-state index >= 15 is 0 Å². The topological polar surface area (TPSA) is 112 Å². The smallest absolute Gasteiger partial charge is 0.337 e. The number of imide groups is 1. The lowest BCUT2D eigenvalue weighted by Crippen LogP contribution is -2.70. The quantitative estimate of drug-likeness (QED) is 0.136. The first-order valence-electron chi connectivity index (χ1n) is 19.6. The number of hydrogen-bond donors (Lipinski definition) is 1. The second-order valence-corrected chi connectivity index (χ2v) is 17.8. The predicted molar refractivity (Wildman–Crippen MR) is 256 cm³/mol. The Kier molecular flexibility index (Phi) is 13.0. The van der Waals surface area contributed by atoms with E-state index in [2.05, 4.69) is 25.6 Å². The Hall–Kier alpha value is -5.97. The largest absolute Gasteiger partial charge is 0.376 e. The average Bonchev–Trinajstić information content (AvgIpc) is 3.66. The molecule has 0 aliphatic carbocycles. The molecule has 0 bridgehead atoms. The van der Waals surface area contributed by atoms with Crippen LogP contribution in [0.15, 0.2) is 150 Å². The van der Waals surface area contributed by atoms with Crippen LogP contribution in [0.25, 0.3) is 9.69 Å². The zero-order chi connectivity index (χ0) is 46.1. The number of ether oxygens (including phenoxy) is 2. The second-order valence-electron chi connectivity index (χ2n) is 15.1. The Labute approximate surface area is 402 Å². The molecule has 6 aromatic carbocycles. The number of urea groups is 2. The van der Waals surface area contributed by atoms with Gasteiger partial charge in [0.05, 0.1) is 45.3 Å². The molecule has 17 heteroatoms. The third-order valence-electron chi connectivity index (χ3n) is 11.2. The van der Waals surface area contributed by atoms with Gasteiger partial charge in [0.15, 0.2) is 22.6 Å². The van der Waals surface area contributed by atoms with E-state index in [1.54, 1.807) is 138 Å². The van der Waals surface area contributed by atoms with Crippen molar-refractivity contribution in [2.45, 2.75) is 16.8 Å². The molecular weight excluding hydrogens is 978 g/mol. The molecule has 4 aliphatic heterocycles. The van der Waals surface area contributed by atoms with Crippen molar-refractivity contribution < 1.29 is 29.0 Å². The monoisotopic (exact) mass is 1010 g/mol. The number of halogens is 5. The summed E-state index contributed by atoms with van der Waals surface area (Å²) in [4.78, 5) is 52.2. The van der Waals surface area contributed by atoms with Crippen LogP contribution in [0.4, 0.5) is 43.7 Å². The maximum atomic E-state index is 13.9. The third-order valence-corrected chi connectivity index (χ3v) is 12.7. The molecule has 10 rings (SSSR count). The van der Waals surface area contributed by atoms with Crippen LogP contribution in [-0.2, 0) is 20.0 Å². The van der Waals surface area contributed by atoms with Crippen molar-refractivity contribution in [3.8, 4) is 0 Å². The maximum absolute atomic E-state index is 13.9. The van der Waals surface area contributed by atoms with E-state index < -0.39 is 28.9 Å². The second kappa shape index (κ2) is 18.5. The van der Waals surface area contributed by atoms with E-state index in [9.17, 15) is 19.5 Å². The van der Waals surface area contributed by atoms with E-state index in [-0.39, 0.29) is 32.3 Å². The molecule has 5 amide bonds. The Morgan fingerprint density at radius 2 is 0.969 bits per heavy atom. The number of rotatable bonds is 5. The SMILES string of the molecule is O=C1N(c2ccc(Cl)cc2)C(=O)C2(COC2)N1c1ccc(Cl)cc1.[C-]#[N+]c1cccc(Br)c1.[C-]#[N+]c1cccc(C2(O)N(c3ccc(Cl)cc3)C(=O)N(c3ccc(Cl)cc3)C23COC3)c1. The number of carbonyl (C=O) groups excluding carboxylic acids is 3. The fourth-order valence-electron chi connectivity index (χ4n) is 7.97. The summed E-state index contributed by atoms with van der Waals surface area (Å²) >= 11 is 27.2. The van der Waals surface area contributed by atoms with Crippen molar-refractivity contribution in [3.63, 3.8) is 0 Å². The minimum Gasteiger partial charge on any atom is -0.376 e. The molecule has 4 saturated heterocycles. The Bertz CT molecular complexity index is 2870. The highest BCUT2D eigenvalue weighted by Crippen LogP contribution is 2.54. The summed E-state index contributed by atoms with van der Waals surface area (Å²) < 4.78 is 11.8. The number of carbonyl (C=O) groups is 3. The van der Waals surface area contributed by atoms with Crippen LogP contribution < -0.4 is 19.6 Å². The molecule has 4 aliphatic rings. The summed E-state index contributed by atoms with van der Waals surface area (Å²) in [6, 6.07) is 40.1. The van der Waals surface area contributed by atoms with E-state index in [1.165, 1.54) is 14.7 Å². The zero-order valence-corrected chi connectivity index (χ0v) is 38.4. The van der Waals surface area contributed by atoms with Crippen molar-refractivity contribution >= 4 is 114 Å². The average molecular weight is 1010 g/mol. The Balaban J connectivity index is 0.000000153. The normalized spacial score (nSPS) is 18.8. The van der Waals surface area contributed by atoms with Gasteiger partial charge >= 0.3 is 12.1 Å². The summed E-state index contributed by atoms with van der Waals surface area (Å²) in [5.41, 5.74) is -0.316. The highest BCUT2D eigenvalue weighted by molar-refractivity contribution is 9.10. The Morgan fingerprint density at radius 1 is 0.538 bits per heavy atom. The molecule has 4 fully saturated rings. The Morgan fingerprint density at radius 3 is 1.38 bits per heavy atom. The van der Waals surface area contributed by atoms with Crippen molar-refractivity contribution in [3.05, 3.63) is 199 Å². The molecule has 1 atom stereocenters. The van der Waals surface area contributed by atoms with E-state index in [1.807, 2.05) is 12.1 Å². The predicted octanol–water partition coefficient (Wildman–Crippen LogP) is 12.3. The lowest BCUT2D eigenvalue weighted by atomic mass is 9.78. The van der Waals surface area contributed by atoms with Gasteiger partial charge in [0, 0.05) is 41.6 Å². The maximum Gasteiger partial charge on any atom is 0.337 e. The van der Waals surface area contributed by atoms with Gasteiger partial charge in [0.2, 0.25) is 0 Å². The summed E-state index contributed by atoms with van der Waals surface area (Å²) in [5.74, 6) is -0.295. The van der Waals surface area contributed by atoms with Crippen LogP contribution in [0.2, 0.25) is 20.1 Å². The molecule has 0 aromatic heterocycles. The molecule has 6 aromatic rings. The number of nitrogens with zero attached hydrogens (tertiary/aromatic N) is 6. The molecule has 12 nitrogen and oxygen atoms in total. The first-order chi connectivity index (χ1) is 31.3. The molecule has 326 valence electrons. The van der Waals surface area contributed by atoms with Gasteiger partial charge in [-0.2, -0.15) is 0 Å². The molecular formula is C48H33BrCl4N6O6. The summed E-state index contributed by atoms with van der Waals surface area (Å²) in [7, 11) is 0. The van der Waals surface area contributed by atoms with Gasteiger partial charge in [0.25, 0.3) is 5.91 Å². The standard InChI is InChI=1S/C24H17Cl2N3O3.C17H12Cl2N2O3.C7H4BrN/c1-27-19-4-2-3-16(13-19)24(31)23(14-32-15-23)28(20-9-5-17(25)6-10-20)22(30)29(24)21-11-7-18(26)8-12-21;18-11-1-5-13(6-2-11)20-15(22)17(9-24-10-17)21(16(20)23)14-7-3-12(19)4-8-14;1-9-7-4-2-3-6(8)5-7/h2-13,31H,14-15H2;1-8H,9-10H2;2-5H. The van der Waals surface area contributed by atoms with Crippen LogP contribution in [0.1, 0.15) is 5.56 Å². The minimum atomic E-state index is -1.81. The fourth-order valence-corrected chi connectivity index (χ4v) is 8.86. The molecule has 0 radical (unpaired) electrons. The molecule has 2 spiro atoms.